The van der Waals surface area contributed by atoms with E-state index >= 15 is 0 Å². The van der Waals surface area contributed by atoms with Crippen LogP contribution in [0.4, 0.5) is 22.0 Å². The zero-order valence-corrected chi connectivity index (χ0v) is 26.0. The van der Waals surface area contributed by atoms with Crippen molar-refractivity contribution in [3.63, 3.8) is 0 Å². The molecule has 0 aliphatic rings. The van der Waals surface area contributed by atoms with Gasteiger partial charge in [0.15, 0.2) is 23.3 Å². The third-order valence-electron chi connectivity index (χ3n) is 6.09. The molecule has 0 bridgehead atoms. The molecule has 4 aromatic carbocycles. The smallest absolute Gasteiger partial charge is 1.00 e. The molecule has 0 aliphatic carbocycles. The molecule has 0 heterocycles. The predicted molar refractivity (Wildman–Crippen MR) is 145 cm³/mol. The number of benzene rings is 4. The first kappa shape index (κ1) is 37.3. The molecular formula is C30H28ClF5N2O2RuS. The van der Waals surface area contributed by atoms with Gasteiger partial charge in [0.25, 0.3) is 0 Å². The maximum absolute atomic E-state index is 14.1. The van der Waals surface area contributed by atoms with Gasteiger partial charge in [0.2, 0.25) is 5.82 Å². The number of nitrogens with two attached hydrogens (primary N) is 1. The molecule has 4 nitrogen and oxygen atoms in total. The van der Waals surface area contributed by atoms with Gasteiger partial charge in [-0.2, -0.15) is 0 Å². The number of hydrogen-bond acceptors (Lipinski definition) is 3. The molecule has 0 aliphatic heterocycles. The first-order chi connectivity index (χ1) is 18.8. The maximum Gasteiger partial charge on any atom is 2.00 e. The van der Waals surface area contributed by atoms with E-state index in [-0.39, 0.29) is 37.4 Å². The molecule has 0 radical (unpaired) electrons. The Labute approximate surface area is 261 Å². The van der Waals surface area contributed by atoms with Crippen LogP contribution >= 0.6 is 0 Å². The molecule has 0 unspecified atom stereocenters. The molecule has 0 fully saturated rings. The first-order valence-electron chi connectivity index (χ1n) is 12.3. The molecule has 2 atom stereocenters. The molecule has 12 heteroatoms. The van der Waals surface area contributed by atoms with Crippen LogP contribution in [0, 0.1) is 36.0 Å². The number of nitrogens with zero attached hydrogens (tertiary/aromatic N) is 1. The second-order valence-corrected chi connectivity index (χ2v) is 10.9. The predicted octanol–water partition coefficient (Wildman–Crippen LogP) is 5.01. The van der Waals surface area contributed by atoms with Crippen LogP contribution < -0.4 is 18.1 Å². The number of sulfonamides is 1. The Morgan fingerprint density at radius 1 is 0.643 bits per heavy atom. The molecular weight excluding hydrogens is 684 g/mol. The van der Waals surface area contributed by atoms with E-state index in [1.54, 1.807) is 48.5 Å². The average Bonchev–Trinajstić information content (AvgIpc) is 2.95. The molecule has 0 aromatic heterocycles. The first-order valence-corrected chi connectivity index (χ1v) is 13.7. The van der Waals surface area contributed by atoms with Crippen molar-refractivity contribution < 1.29 is 62.3 Å². The van der Waals surface area contributed by atoms with E-state index in [9.17, 15) is 30.4 Å². The molecule has 2 N–H and O–H groups in total. The van der Waals surface area contributed by atoms with E-state index in [2.05, 4.69) is 49.8 Å². The molecule has 0 saturated carbocycles. The molecule has 4 aromatic rings. The van der Waals surface area contributed by atoms with Crippen molar-refractivity contribution in [3.05, 3.63) is 141 Å². The van der Waals surface area contributed by atoms with E-state index in [0.29, 0.717) is 11.5 Å². The van der Waals surface area contributed by atoms with Crippen LogP contribution in [0.15, 0.2) is 89.8 Å². The van der Waals surface area contributed by atoms with Gasteiger partial charge >= 0.3 is 19.5 Å². The fourth-order valence-corrected chi connectivity index (χ4v) is 5.10. The quantitative estimate of drug-likeness (QED) is 0.127. The molecule has 0 amide bonds. The van der Waals surface area contributed by atoms with Gasteiger partial charge in [-0.15, -0.1) is 0 Å². The van der Waals surface area contributed by atoms with Crippen molar-refractivity contribution in [1.82, 2.24) is 0 Å². The van der Waals surface area contributed by atoms with Crippen LogP contribution in [0.5, 0.6) is 0 Å². The van der Waals surface area contributed by atoms with Gasteiger partial charge in [-0.05, 0) is 24.0 Å². The normalized spacial score (nSPS) is 12.3. The average molecular weight is 712 g/mol. The van der Waals surface area contributed by atoms with Crippen LogP contribution in [0.2, 0.25) is 0 Å². The Kier molecular flexibility index (Phi) is 14.4. The second-order valence-electron chi connectivity index (χ2n) is 9.34. The van der Waals surface area contributed by atoms with Crippen molar-refractivity contribution >= 4 is 10.0 Å². The van der Waals surface area contributed by atoms with Crippen LogP contribution in [0.25, 0.3) is 4.72 Å². The van der Waals surface area contributed by atoms with Gasteiger partial charge in [-0.3, -0.25) is 0 Å². The van der Waals surface area contributed by atoms with E-state index in [0.717, 1.165) is 0 Å². The zero-order valence-electron chi connectivity index (χ0n) is 22.7. The van der Waals surface area contributed by atoms with Gasteiger partial charge in [-0.1, -0.05) is 116 Å². The number of hydrogen-bond donors (Lipinski definition) is 1. The van der Waals surface area contributed by atoms with E-state index in [1.807, 2.05) is 0 Å². The minimum Gasteiger partial charge on any atom is -1.00 e. The van der Waals surface area contributed by atoms with Gasteiger partial charge in [0, 0.05) is 6.04 Å². The minimum atomic E-state index is -5.34. The third-order valence-corrected chi connectivity index (χ3v) is 7.47. The van der Waals surface area contributed by atoms with Gasteiger partial charge < -0.3 is 22.9 Å². The Balaban J connectivity index is 0.000000626. The van der Waals surface area contributed by atoms with E-state index in [1.165, 1.54) is 23.3 Å². The molecule has 0 saturated heterocycles. The van der Waals surface area contributed by atoms with Crippen molar-refractivity contribution in [2.45, 2.75) is 43.7 Å². The Hall–Kier alpha value is -2.69. The summed E-state index contributed by atoms with van der Waals surface area (Å²) in [7, 11) is -5.34. The van der Waals surface area contributed by atoms with Crippen LogP contribution in [-0.4, -0.2) is 8.42 Å². The summed E-state index contributed by atoms with van der Waals surface area (Å²) >= 11 is 0. The van der Waals surface area contributed by atoms with Crippen LogP contribution in [-0.2, 0) is 29.5 Å². The minimum absolute atomic E-state index is 0. The van der Waals surface area contributed by atoms with Crippen molar-refractivity contribution in [2.24, 2.45) is 5.73 Å². The number of halogens is 6. The monoisotopic (exact) mass is 712 g/mol. The summed E-state index contributed by atoms with van der Waals surface area (Å²) in [5.41, 5.74) is 9.63. The summed E-state index contributed by atoms with van der Waals surface area (Å²) in [4.78, 5) is -2.03. The summed E-state index contributed by atoms with van der Waals surface area (Å²) in [5.74, 6) is -11.6. The Morgan fingerprint density at radius 3 is 1.48 bits per heavy atom. The van der Waals surface area contributed by atoms with Gasteiger partial charge in [-0.25, -0.2) is 30.4 Å². The summed E-state index contributed by atoms with van der Waals surface area (Å²) in [5, 5.41) is 0. The van der Waals surface area contributed by atoms with Gasteiger partial charge in [0.05, 0.1) is 0 Å². The fourth-order valence-electron chi connectivity index (χ4n) is 3.81. The summed E-state index contributed by atoms with van der Waals surface area (Å²) in [6.07, 6.45) is 0. The largest absolute Gasteiger partial charge is 2.00 e. The van der Waals surface area contributed by atoms with Gasteiger partial charge in [0.1, 0.15) is 14.9 Å². The van der Waals surface area contributed by atoms with Crippen molar-refractivity contribution in [1.29, 1.82) is 0 Å². The van der Waals surface area contributed by atoms with Crippen LogP contribution in [0.3, 0.4) is 0 Å². The Bertz CT molecular complexity index is 1520. The number of rotatable bonds is 7. The van der Waals surface area contributed by atoms with E-state index in [4.69, 9.17) is 5.73 Å². The third kappa shape index (κ3) is 8.91. The maximum atomic E-state index is 14.1. The standard InChI is InChI=1S/C20H14F5N2O2S.C10H14.ClH.Ru/c21-13-14(22)16(24)20(17(25)15(13)23)30(28,29)27-19(12-9-5-2-6-10-12)18(26)11-7-3-1-4-8-11;1-8(2)10-6-4-9(3)5-7-10;;/h1-10,18-19H,26H2;4-8H,1-3H3;1H;/q-1;;;+2/p-1/t18-,19-;;;/m1.../s1. The molecule has 0 spiro atoms. The topological polar surface area (TPSA) is 74.3 Å². The second kappa shape index (κ2) is 16.2. The van der Waals surface area contributed by atoms with E-state index < -0.39 is 56.1 Å². The summed E-state index contributed by atoms with van der Waals surface area (Å²) in [6.45, 7) is 6.54. The molecule has 4 rings (SSSR count). The fraction of sp³-hybridized carbons (Fsp3) is 0.200. The molecule has 42 heavy (non-hydrogen) atoms. The number of aryl methyl sites for hydroxylation is 1. The SMILES string of the molecule is Cc1ccc(C(C)C)cc1.N[C@H](c1ccccc1)[C@H]([N-]S(=O)(=O)c1c(F)c(F)c(F)c(F)c1F)c1ccccc1.[Cl-].[Ru+2]. The van der Waals surface area contributed by atoms with Crippen molar-refractivity contribution in [3.8, 4) is 0 Å². The van der Waals surface area contributed by atoms with Crippen LogP contribution in [0.1, 0.15) is 54.1 Å². The zero-order chi connectivity index (χ0) is 29.6. The van der Waals surface area contributed by atoms with Crippen molar-refractivity contribution in [2.75, 3.05) is 0 Å². The Morgan fingerprint density at radius 2 is 1.05 bits per heavy atom. The summed E-state index contributed by atoms with van der Waals surface area (Å²) in [6, 6.07) is 22.1. The summed E-state index contributed by atoms with van der Waals surface area (Å²) < 4.78 is 97.3. The molecule has 226 valence electrons.